The summed E-state index contributed by atoms with van der Waals surface area (Å²) in [5.74, 6) is -0.478. The Morgan fingerprint density at radius 1 is 0.969 bits per heavy atom. The molecule has 4 rings (SSSR count). The molecule has 3 aromatic carbocycles. The van der Waals surface area contributed by atoms with Crippen LogP contribution in [0.1, 0.15) is 11.1 Å². The summed E-state index contributed by atoms with van der Waals surface area (Å²) < 4.78 is 5.34. The maximum Gasteiger partial charge on any atom is 0.330 e. The Labute approximate surface area is 195 Å². The summed E-state index contributed by atoms with van der Waals surface area (Å²) in [5, 5.41) is 1.83. The Morgan fingerprint density at radius 3 is 2.50 bits per heavy atom. The number of esters is 1. The van der Waals surface area contributed by atoms with Crippen LogP contribution < -0.4 is 5.56 Å². The Hall–Kier alpha value is -3.34. The molecule has 0 saturated heterocycles. The molecule has 6 heteroatoms. The van der Waals surface area contributed by atoms with Crippen molar-refractivity contribution in [2.24, 2.45) is 0 Å². The molecule has 0 bridgehead atoms. The molecule has 1 N–H and O–H groups in total. The van der Waals surface area contributed by atoms with Gasteiger partial charge in [0.1, 0.15) is 0 Å². The second kappa shape index (κ2) is 9.86. The van der Waals surface area contributed by atoms with E-state index in [1.54, 1.807) is 30.3 Å². The van der Waals surface area contributed by atoms with Crippen LogP contribution in [-0.4, -0.2) is 17.6 Å². The van der Waals surface area contributed by atoms with Gasteiger partial charge in [0.05, 0.1) is 6.61 Å². The molecule has 1 heterocycles. The third kappa shape index (κ3) is 4.93. The van der Waals surface area contributed by atoms with E-state index in [0.717, 1.165) is 16.5 Å². The number of benzene rings is 3. The van der Waals surface area contributed by atoms with E-state index in [4.69, 9.17) is 27.9 Å². The minimum absolute atomic E-state index is 0.0462. The SMILES string of the molecule is O=C(/C=C/c1ccccc1)OCCc1c(-c2ccccc2Cl)c2cc(Cl)ccc2[nH]c1=O. The van der Waals surface area contributed by atoms with E-state index < -0.39 is 5.97 Å². The van der Waals surface area contributed by atoms with Gasteiger partial charge < -0.3 is 9.72 Å². The third-order valence-electron chi connectivity index (χ3n) is 5.03. The molecule has 0 spiro atoms. The van der Waals surface area contributed by atoms with Crippen LogP contribution in [0.2, 0.25) is 10.0 Å². The first-order valence-corrected chi connectivity index (χ1v) is 10.8. The van der Waals surface area contributed by atoms with Gasteiger partial charge in [0.2, 0.25) is 0 Å². The predicted molar refractivity (Wildman–Crippen MR) is 130 cm³/mol. The van der Waals surface area contributed by atoms with Crippen LogP contribution in [0, 0.1) is 0 Å². The monoisotopic (exact) mass is 463 g/mol. The van der Waals surface area contributed by atoms with Crippen LogP contribution in [0.15, 0.2) is 83.7 Å². The number of carbonyl (C=O) groups is 1. The van der Waals surface area contributed by atoms with Gasteiger partial charge in [-0.1, -0.05) is 71.7 Å². The van der Waals surface area contributed by atoms with Crippen LogP contribution in [0.25, 0.3) is 28.1 Å². The van der Waals surface area contributed by atoms with Crippen molar-refractivity contribution < 1.29 is 9.53 Å². The number of nitrogens with one attached hydrogen (secondary N) is 1. The molecule has 0 aliphatic carbocycles. The van der Waals surface area contributed by atoms with Crippen molar-refractivity contribution in [2.75, 3.05) is 6.61 Å². The summed E-state index contributed by atoms with van der Waals surface area (Å²) in [6.45, 7) is 0.0462. The van der Waals surface area contributed by atoms with Crippen molar-refractivity contribution >= 4 is 46.2 Å². The molecule has 0 aliphatic heterocycles. The molecule has 0 aliphatic rings. The highest BCUT2D eigenvalue weighted by atomic mass is 35.5. The summed E-state index contributed by atoms with van der Waals surface area (Å²) in [5.41, 5.74) is 3.18. The normalized spacial score (nSPS) is 11.2. The number of ether oxygens (including phenoxy) is 1. The molecule has 0 radical (unpaired) electrons. The highest BCUT2D eigenvalue weighted by Crippen LogP contribution is 2.35. The fourth-order valence-corrected chi connectivity index (χ4v) is 3.95. The summed E-state index contributed by atoms with van der Waals surface area (Å²) in [4.78, 5) is 27.9. The highest BCUT2D eigenvalue weighted by molar-refractivity contribution is 6.34. The van der Waals surface area contributed by atoms with E-state index in [1.165, 1.54) is 6.08 Å². The van der Waals surface area contributed by atoms with Crippen LogP contribution in [0.4, 0.5) is 0 Å². The van der Waals surface area contributed by atoms with Crippen molar-refractivity contribution in [2.45, 2.75) is 6.42 Å². The second-order valence-electron chi connectivity index (χ2n) is 7.14. The molecule has 0 amide bonds. The number of hydrogen-bond acceptors (Lipinski definition) is 3. The van der Waals surface area contributed by atoms with Gasteiger partial charge in [-0.2, -0.15) is 0 Å². The average Bonchev–Trinajstić information content (AvgIpc) is 2.80. The Kier molecular flexibility index (Phi) is 6.74. The third-order valence-corrected chi connectivity index (χ3v) is 5.59. The zero-order valence-electron chi connectivity index (χ0n) is 17.0. The molecule has 0 fully saturated rings. The average molecular weight is 464 g/mol. The standard InChI is InChI=1S/C26H19Cl2NO3/c27-18-11-12-23-21(16-18)25(19-8-4-5-9-22(19)28)20(26(31)29-23)14-15-32-24(30)13-10-17-6-2-1-3-7-17/h1-13,16H,14-15H2,(H,29,31)/b13-10+. The van der Waals surface area contributed by atoms with E-state index >= 15 is 0 Å². The van der Waals surface area contributed by atoms with Crippen molar-refractivity contribution in [1.82, 2.24) is 4.98 Å². The maximum atomic E-state index is 12.9. The lowest BCUT2D eigenvalue weighted by atomic mass is 9.94. The van der Waals surface area contributed by atoms with Crippen LogP contribution >= 0.6 is 23.2 Å². The number of hydrogen-bond donors (Lipinski definition) is 1. The Balaban J connectivity index is 1.64. The van der Waals surface area contributed by atoms with E-state index in [2.05, 4.69) is 4.98 Å². The second-order valence-corrected chi connectivity index (χ2v) is 7.98. The van der Waals surface area contributed by atoms with Crippen molar-refractivity contribution in [3.8, 4) is 11.1 Å². The largest absolute Gasteiger partial charge is 0.462 e. The summed E-state index contributed by atoms with van der Waals surface area (Å²) in [7, 11) is 0. The molecule has 32 heavy (non-hydrogen) atoms. The zero-order chi connectivity index (χ0) is 22.5. The fourth-order valence-electron chi connectivity index (χ4n) is 3.55. The summed E-state index contributed by atoms with van der Waals surface area (Å²) in [6, 6.07) is 22.0. The van der Waals surface area contributed by atoms with Gasteiger partial charge in [0.15, 0.2) is 0 Å². The molecule has 4 nitrogen and oxygen atoms in total. The highest BCUT2D eigenvalue weighted by Gasteiger charge is 2.17. The zero-order valence-corrected chi connectivity index (χ0v) is 18.5. The molecular formula is C26H19Cl2NO3. The fraction of sp³-hybridized carbons (Fsp3) is 0.0769. The minimum atomic E-state index is -0.478. The molecule has 0 unspecified atom stereocenters. The number of H-pyrrole nitrogens is 1. The lowest BCUT2D eigenvalue weighted by Crippen LogP contribution is -2.17. The Morgan fingerprint density at radius 2 is 1.72 bits per heavy atom. The van der Waals surface area contributed by atoms with Gasteiger partial charge in [0.25, 0.3) is 5.56 Å². The number of pyridine rings is 1. The first-order valence-electron chi connectivity index (χ1n) is 10.0. The number of halogens is 2. The molecular weight excluding hydrogens is 445 g/mol. The molecule has 0 atom stereocenters. The predicted octanol–water partition coefficient (Wildman–Crippen LogP) is 6.30. The van der Waals surface area contributed by atoms with E-state index in [1.807, 2.05) is 48.5 Å². The van der Waals surface area contributed by atoms with Gasteiger partial charge in [-0.25, -0.2) is 4.79 Å². The van der Waals surface area contributed by atoms with Gasteiger partial charge in [-0.05, 0) is 35.9 Å². The topological polar surface area (TPSA) is 59.2 Å². The number of rotatable bonds is 6. The lowest BCUT2D eigenvalue weighted by molar-refractivity contribution is -0.137. The number of aromatic nitrogens is 1. The summed E-state index contributed by atoms with van der Waals surface area (Å²) >= 11 is 12.7. The van der Waals surface area contributed by atoms with E-state index in [9.17, 15) is 9.59 Å². The maximum absolute atomic E-state index is 12.9. The number of carbonyl (C=O) groups excluding carboxylic acids is 1. The van der Waals surface area contributed by atoms with Gasteiger partial charge in [-0.3, -0.25) is 4.79 Å². The first kappa shape index (κ1) is 21.9. The number of fused-ring (bicyclic) bond motifs is 1. The molecule has 160 valence electrons. The van der Waals surface area contributed by atoms with Crippen molar-refractivity contribution in [3.05, 3.63) is 110 Å². The molecule has 4 aromatic rings. The number of aromatic amines is 1. The van der Waals surface area contributed by atoms with Crippen molar-refractivity contribution in [3.63, 3.8) is 0 Å². The molecule has 1 aromatic heterocycles. The minimum Gasteiger partial charge on any atom is -0.462 e. The van der Waals surface area contributed by atoms with Gasteiger partial charge in [-0.15, -0.1) is 0 Å². The van der Waals surface area contributed by atoms with Gasteiger partial charge in [0, 0.05) is 50.1 Å². The smallest absolute Gasteiger partial charge is 0.330 e. The van der Waals surface area contributed by atoms with Crippen LogP contribution in [0.3, 0.4) is 0 Å². The van der Waals surface area contributed by atoms with Crippen LogP contribution in [-0.2, 0) is 16.0 Å². The van der Waals surface area contributed by atoms with Crippen LogP contribution in [0.5, 0.6) is 0 Å². The first-order chi connectivity index (χ1) is 15.5. The van der Waals surface area contributed by atoms with E-state index in [-0.39, 0.29) is 18.6 Å². The molecule has 0 saturated carbocycles. The van der Waals surface area contributed by atoms with Crippen molar-refractivity contribution in [1.29, 1.82) is 0 Å². The summed E-state index contributed by atoms with van der Waals surface area (Å²) in [6.07, 6.45) is 3.28. The van der Waals surface area contributed by atoms with E-state index in [0.29, 0.717) is 26.7 Å². The quantitative estimate of drug-likeness (QED) is 0.269. The Bertz CT molecular complexity index is 1360. The van der Waals surface area contributed by atoms with Gasteiger partial charge >= 0.3 is 5.97 Å². The lowest BCUT2D eigenvalue weighted by Gasteiger charge is -2.14.